The Hall–Kier alpha value is -0.680. The standard InChI is InChI=1S/C12H18N2OS2/c1-3-5-16-10-7-9(12(13)15)8-11(14-10)17-6-4-2/h7-8H,3-6H2,1-2H3,(H2,13,15). The van der Waals surface area contributed by atoms with Crippen molar-refractivity contribution < 1.29 is 4.79 Å². The molecule has 0 atom stereocenters. The second-order valence-electron chi connectivity index (χ2n) is 3.59. The van der Waals surface area contributed by atoms with Gasteiger partial charge in [0.2, 0.25) is 5.91 Å². The van der Waals surface area contributed by atoms with Crippen molar-refractivity contribution in [3.63, 3.8) is 0 Å². The highest BCUT2D eigenvalue weighted by Gasteiger charge is 2.07. The van der Waals surface area contributed by atoms with Crippen molar-refractivity contribution in [2.75, 3.05) is 11.5 Å². The predicted molar refractivity (Wildman–Crippen MR) is 74.8 cm³/mol. The number of hydrogen-bond acceptors (Lipinski definition) is 4. The molecule has 0 aromatic carbocycles. The molecule has 0 aliphatic heterocycles. The molecule has 1 rings (SSSR count). The van der Waals surface area contributed by atoms with Gasteiger partial charge >= 0.3 is 0 Å². The van der Waals surface area contributed by atoms with Crippen LogP contribution in [-0.2, 0) is 0 Å². The highest BCUT2D eigenvalue weighted by Crippen LogP contribution is 2.24. The monoisotopic (exact) mass is 270 g/mol. The third-order valence-corrected chi connectivity index (χ3v) is 4.21. The van der Waals surface area contributed by atoms with Crippen molar-refractivity contribution in [2.24, 2.45) is 5.73 Å². The largest absolute Gasteiger partial charge is 0.366 e. The van der Waals surface area contributed by atoms with Crippen LogP contribution in [0.15, 0.2) is 22.2 Å². The van der Waals surface area contributed by atoms with Gasteiger partial charge in [-0.3, -0.25) is 4.79 Å². The van der Waals surface area contributed by atoms with E-state index in [9.17, 15) is 4.79 Å². The Labute approximate surface area is 111 Å². The van der Waals surface area contributed by atoms with Gasteiger partial charge in [-0.2, -0.15) is 0 Å². The van der Waals surface area contributed by atoms with Crippen LogP contribution < -0.4 is 5.73 Å². The number of pyridine rings is 1. The molecule has 2 N–H and O–H groups in total. The summed E-state index contributed by atoms with van der Waals surface area (Å²) in [5.41, 5.74) is 5.88. The molecule has 0 saturated carbocycles. The Morgan fingerprint density at radius 3 is 2.00 bits per heavy atom. The summed E-state index contributed by atoms with van der Waals surface area (Å²) in [6, 6.07) is 3.55. The maximum absolute atomic E-state index is 11.2. The van der Waals surface area contributed by atoms with Gasteiger partial charge in [0.25, 0.3) is 0 Å². The first-order chi connectivity index (χ1) is 8.17. The first kappa shape index (κ1) is 14.4. The van der Waals surface area contributed by atoms with Gasteiger partial charge in [0, 0.05) is 5.56 Å². The molecule has 0 saturated heterocycles. The molecule has 1 heterocycles. The second-order valence-corrected chi connectivity index (χ2v) is 5.82. The fourth-order valence-electron chi connectivity index (χ4n) is 1.18. The minimum atomic E-state index is -0.385. The van der Waals surface area contributed by atoms with Crippen molar-refractivity contribution in [3.05, 3.63) is 17.7 Å². The Morgan fingerprint density at radius 2 is 1.65 bits per heavy atom. The molecule has 94 valence electrons. The second kappa shape index (κ2) is 7.61. The van der Waals surface area contributed by atoms with Crippen molar-refractivity contribution in [1.82, 2.24) is 4.98 Å². The van der Waals surface area contributed by atoms with Crippen LogP contribution in [0.1, 0.15) is 37.0 Å². The van der Waals surface area contributed by atoms with Crippen LogP contribution in [0.3, 0.4) is 0 Å². The average Bonchev–Trinajstić information content (AvgIpc) is 2.33. The summed E-state index contributed by atoms with van der Waals surface area (Å²) >= 11 is 3.33. The lowest BCUT2D eigenvalue weighted by Crippen LogP contribution is -2.11. The number of carbonyl (C=O) groups is 1. The van der Waals surface area contributed by atoms with Gasteiger partial charge < -0.3 is 5.73 Å². The van der Waals surface area contributed by atoms with Gasteiger partial charge in [0.05, 0.1) is 10.1 Å². The number of aromatic nitrogens is 1. The fourth-order valence-corrected chi connectivity index (χ4v) is 2.81. The third-order valence-electron chi connectivity index (χ3n) is 1.97. The highest BCUT2D eigenvalue weighted by atomic mass is 32.2. The van der Waals surface area contributed by atoms with Crippen molar-refractivity contribution in [2.45, 2.75) is 36.7 Å². The van der Waals surface area contributed by atoms with Crippen molar-refractivity contribution >= 4 is 29.4 Å². The number of primary amides is 1. The minimum absolute atomic E-state index is 0.385. The summed E-state index contributed by atoms with van der Waals surface area (Å²) < 4.78 is 0. The molecule has 0 radical (unpaired) electrons. The third kappa shape index (κ3) is 5.00. The molecule has 1 amide bonds. The maximum Gasteiger partial charge on any atom is 0.248 e. The number of hydrogen-bond donors (Lipinski definition) is 1. The van der Waals surface area contributed by atoms with Crippen LogP contribution >= 0.6 is 23.5 Å². The number of nitrogens with two attached hydrogens (primary N) is 1. The molecular formula is C12H18N2OS2. The number of nitrogens with zero attached hydrogens (tertiary/aromatic N) is 1. The summed E-state index contributed by atoms with van der Waals surface area (Å²) in [5.74, 6) is 1.63. The van der Waals surface area contributed by atoms with E-state index < -0.39 is 0 Å². The molecule has 0 unspecified atom stereocenters. The Morgan fingerprint density at radius 1 is 1.18 bits per heavy atom. The van der Waals surface area contributed by atoms with E-state index >= 15 is 0 Å². The average molecular weight is 270 g/mol. The summed E-state index contributed by atoms with van der Waals surface area (Å²) in [7, 11) is 0. The van der Waals surface area contributed by atoms with Crippen LogP contribution in [0.4, 0.5) is 0 Å². The first-order valence-corrected chi connectivity index (χ1v) is 7.72. The fraction of sp³-hybridized carbons (Fsp3) is 0.500. The van der Waals surface area contributed by atoms with E-state index in [1.807, 2.05) is 0 Å². The summed E-state index contributed by atoms with van der Waals surface area (Å²) in [5, 5.41) is 1.78. The summed E-state index contributed by atoms with van der Waals surface area (Å²) in [4.78, 5) is 15.7. The van der Waals surface area contributed by atoms with E-state index in [1.165, 1.54) is 0 Å². The lowest BCUT2D eigenvalue weighted by Gasteiger charge is -2.06. The van der Waals surface area contributed by atoms with Gasteiger partial charge in [-0.1, -0.05) is 13.8 Å². The molecule has 17 heavy (non-hydrogen) atoms. The minimum Gasteiger partial charge on any atom is -0.366 e. The van der Waals surface area contributed by atoms with Crippen LogP contribution in [-0.4, -0.2) is 22.4 Å². The Bertz CT molecular complexity index is 357. The van der Waals surface area contributed by atoms with E-state index in [0.29, 0.717) is 5.56 Å². The summed E-state index contributed by atoms with van der Waals surface area (Å²) in [6.45, 7) is 4.25. The quantitative estimate of drug-likeness (QED) is 0.773. The highest BCUT2D eigenvalue weighted by molar-refractivity contribution is 7.99. The van der Waals surface area contributed by atoms with Crippen molar-refractivity contribution in [1.29, 1.82) is 0 Å². The molecule has 0 fully saturated rings. The normalized spacial score (nSPS) is 10.5. The zero-order chi connectivity index (χ0) is 12.7. The van der Waals surface area contributed by atoms with E-state index in [-0.39, 0.29) is 5.91 Å². The van der Waals surface area contributed by atoms with Crippen LogP contribution in [0.5, 0.6) is 0 Å². The zero-order valence-corrected chi connectivity index (χ0v) is 11.9. The van der Waals surface area contributed by atoms with Gasteiger partial charge in [0.1, 0.15) is 0 Å². The van der Waals surface area contributed by atoms with E-state index in [4.69, 9.17) is 5.73 Å². The van der Waals surface area contributed by atoms with Crippen LogP contribution in [0.2, 0.25) is 0 Å². The predicted octanol–water partition coefficient (Wildman–Crippen LogP) is 3.18. The number of rotatable bonds is 7. The van der Waals surface area contributed by atoms with Crippen LogP contribution in [0.25, 0.3) is 0 Å². The first-order valence-electron chi connectivity index (χ1n) is 5.74. The molecule has 0 bridgehead atoms. The lowest BCUT2D eigenvalue weighted by molar-refractivity contribution is 0.0999. The molecule has 5 heteroatoms. The zero-order valence-electron chi connectivity index (χ0n) is 10.2. The van der Waals surface area contributed by atoms with Gasteiger partial charge in [0.15, 0.2) is 0 Å². The smallest absolute Gasteiger partial charge is 0.248 e. The SMILES string of the molecule is CCCSc1cc(C(N)=O)cc(SCCC)n1. The van der Waals surface area contributed by atoms with E-state index in [0.717, 1.165) is 34.4 Å². The molecular weight excluding hydrogens is 252 g/mol. The molecule has 0 spiro atoms. The van der Waals surface area contributed by atoms with Gasteiger partial charge in [-0.25, -0.2) is 4.98 Å². The molecule has 3 nitrogen and oxygen atoms in total. The van der Waals surface area contributed by atoms with Gasteiger partial charge in [-0.15, -0.1) is 23.5 Å². The number of amides is 1. The van der Waals surface area contributed by atoms with E-state index in [1.54, 1.807) is 35.7 Å². The number of thioether (sulfide) groups is 2. The summed E-state index contributed by atoms with van der Waals surface area (Å²) in [6.07, 6.45) is 2.18. The maximum atomic E-state index is 11.2. The molecule has 0 aliphatic carbocycles. The molecule has 0 aliphatic rings. The van der Waals surface area contributed by atoms with E-state index in [2.05, 4.69) is 18.8 Å². The Balaban J connectivity index is 2.88. The topological polar surface area (TPSA) is 56.0 Å². The Kier molecular flexibility index (Phi) is 6.44. The van der Waals surface area contributed by atoms with Gasteiger partial charge in [-0.05, 0) is 36.5 Å². The number of carbonyl (C=O) groups excluding carboxylic acids is 1. The van der Waals surface area contributed by atoms with Crippen molar-refractivity contribution in [3.8, 4) is 0 Å². The molecule has 1 aromatic rings. The lowest BCUT2D eigenvalue weighted by atomic mass is 10.3. The van der Waals surface area contributed by atoms with Crippen LogP contribution in [0, 0.1) is 0 Å². The molecule has 1 aromatic heterocycles.